The van der Waals surface area contributed by atoms with E-state index < -0.39 is 0 Å². The van der Waals surface area contributed by atoms with Gasteiger partial charge in [-0.1, -0.05) is 18.2 Å². The van der Waals surface area contributed by atoms with Crippen LogP contribution >= 0.6 is 0 Å². The summed E-state index contributed by atoms with van der Waals surface area (Å²) in [6.07, 6.45) is 2.54. The van der Waals surface area contributed by atoms with E-state index >= 15 is 0 Å². The lowest BCUT2D eigenvalue weighted by molar-refractivity contribution is 0.102. The zero-order valence-electron chi connectivity index (χ0n) is 16.1. The van der Waals surface area contributed by atoms with E-state index in [9.17, 15) is 4.79 Å². The van der Waals surface area contributed by atoms with E-state index in [1.165, 1.54) is 0 Å². The molecule has 0 spiro atoms. The molecular weight excluding hydrogens is 368 g/mol. The first-order valence-corrected chi connectivity index (χ1v) is 9.49. The summed E-state index contributed by atoms with van der Waals surface area (Å²) in [6, 6.07) is 16.4. The highest BCUT2D eigenvalue weighted by molar-refractivity contribution is 6.05. The summed E-state index contributed by atoms with van der Waals surface area (Å²) in [5, 5.41) is 6.06. The van der Waals surface area contributed by atoms with Gasteiger partial charge in [0.05, 0.1) is 18.9 Å². The van der Waals surface area contributed by atoms with Crippen LogP contribution in [0, 0.1) is 6.92 Å². The van der Waals surface area contributed by atoms with Crippen molar-refractivity contribution in [2.45, 2.75) is 19.4 Å². The number of benzene rings is 2. The fraction of sp³-hybridized carbons (Fsp3) is 0.227. The Morgan fingerprint density at radius 2 is 2.07 bits per heavy atom. The highest BCUT2D eigenvalue weighted by Crippen LogP contribution is 2.27. The number of ether oxygens (including phenoxy) is 2. The van der Waals surface area contributed by atoms with Gasteiger partial charge in [0.15, 0.2) is 0 Å². The number of aryl methyl sites for hydroxylation is 1. The molecule has 1 aromatic heterocycles. The van der Waals surface area contributed by atoms with Crippen molar-refractivity contribution in [1.29, 1.82) is 0 Å². The molecule has 29 heavy (non-hydrogen) atoms. The first kappa shape index (κ1) is 18.9. The van der Waals surface area contributed by atoms with Gasteiger partial charge < -0.3 is 20.1 Å². The maximum absolute atomic E-state index is 12.8. The fourth-order valence-electron chi connectivity index (χ4n) is 3.03. The molecule has 1 saturated heterocycles. The molecule has 2 aromatic carbocycles. The molecule has 7 heteroatoms. The largest absolute Gasteiger partial charge is 0.486 e. The van der Waals surface area contributed by atoms with Crippen LogP contribution in [0.25, 0.3) is 0 Å². The van der Waals surface area contributed by atoms with Crippen molar-refractivity contribution in [1.82, 2.24) is 9.97 Å². The van der Waals surface area contributed by atoms with Gasteiger partial charge in [-0.2, -0.15) is 0 Å². The number of carbonyl (C=O) groups is 1. The topological polar surface area (TPSA) is 85.4 Å². The predicted octanol–water partition coefficient (Wildman–Crippen LogP) is 3.95. The summed E-state index contributed by atoms with van der Waals surface area (Å²) in [4.78, 5) is 21.3. The molecule has 3 aromatic rings. The molecule has 2 heterocycles. The van der Waals surface area contributed by atoms with Crippen molar-refractivity contribution >= 4 is 23.2 Å². The SMILES string of the molecule is Cc1ccnc(Nc2cccc(C(=O)Nc3ccccc3OC3CCOC3)c2)n1. The van der Waals surface area contributed by atoms with Gasteiger partial charge in [-0.15, -0.1) is 0 Å². The molecule has 0 radical (unpaired) electrons. The maximum atomic E-state index is 12.8. The van der Waals surface area contributed by atoms with Crippen molar-refractivity contribution in [3.63, 3.8) is 0 Å². The number of hydrogen-bond acceptors (Lipinski definition) is 6. The van der Waals surface area contributed by atoms with E-state index in [2.05, 4.69) is 20.6 Å². The summed E-state index contributed by atoms with van der Waals surface area (Å²) < 4.78 is 11.3. The highest BCUT2D eigenvalue weighted by Gasteiger charge is 2.19. The third-order valence-corrected chi connectivity index (χ3v) is 4.49. The molecule has 2 N–H and O–H groups in total. The van der Waals surface area contributed by atoms with E-state index in [4.69, 9.17) is 9.47 Å². The lowest BCUT2D eigenvalue weighted by Crippen LogP contribution is -2.18. The molecule has 4 rings (SSSR count). The Labute approximate surface area is 169 Å². The van der Waals surface area contributed by atoms with Crippen molar-refractivity contribution in [2.24, 2.45) is 0 Å². The number of amides is 1. The number of para-hydroxylation sites is 2. The number of aromatic nitrogens is 2. The number of nitrogens with one attached hydrogen (secondary N) is 2. The van der Waals surface area contributed by atoms with Crippen LogP contribution in [-0.2, 0) is 4.74 Å². The van der Waals surface area contributed by atoms with E-state index in [0.717, 1.165) is 17.8 Å². The summed E-state index contributed by atoms with van der Waals surface area (Å²) >= 11 is 0. The molecule has 1 aliphatic heterocycles. The molecule has 0 bridgehead atoms. The number of anilines is 3. The number of hydrogen-bond donors (Lipinski definition) is 2. The minimum Gasteiger partial charge on any atom is -0.486 e. The van der Waals surface area contributed by atoms with Crippen LogP contribution in [0.15, 0.2) is 60.8 Å². The Morgan fingerprint density at radius 3 is 2.90 bits per heavy atom. The van der Waals surface area contributed by atoms with E-state index in [1.807, 2.05) is 49.4 Å². The Kier molecular flexibility index (Phi) is 5.67. The van der Waals surface area contributed by atoms with Crippen LogP contribution < -0.4 is 15.4 Å². The Morgan fingerprint density at radius 1 is 1.17 bits per heavy atom. The summed E-state index contributed by atoms with van der Waals surface area (Å²) in [5.41, 5.74) is 2.74. The first-order valence-electron chi connectivity index (χ1n) is 9.49. The normalized spacial score (nSPS) is 15.7. The fourth-order valence-corrected chi connectivity index (χ4v) is 3.03. The van der Waals surface area contributed by atoms with Gasteiger partial charge in [0.1, 0.15) is 11.9 Å². The molecule has 1 amide bonds. The molecule has 0 saturated carbocycles. The average Bonchev–Trinajstić information content (AvgIpc) is 3.23. The van der Waals surface area contributed by atoms with Crippen LogP contribution in [0.3, 0.4) is 0 Å². The Bertz CT molecular complexity index is 1000. The van der Waals surface area contributed by atoms with Crippen molar-refractivity contribution < 1.29 is 14.3 Å². The summed E-state index contributed by atoms with van der Waals surface area (Å²) in [5.74, 6) is 0.899. The zero-order chi connectivity index (χ0) is 20.1. The minimum atomic E-state index is -0.225. The van der Waals surface area contributed by atoms with Gasteiger partial charge in [0, 0.05) is 29.6 Å². The molecule has 7 nitrogen and oxygen atoms in total. The van der Waals surface area contributed by atoms with Gasteiger partial charge in [-0.05, 0) is 43.3 Å². The maximum Gasteiger partial charge on any atom is 0.255 e. The highest BCUT2D eigenvalue weighted by atomic mass is 16.5. The second-order valence-electron chi connectivity index (χ2n) is 6.78. The lowest BCUT2D eigenvalue weighted by atomic mass is 10.1. The standard InChI is InChI=1S/C22H22N4O3/c1-15-9-11-23-22(24-15)25-17-6-4-5-16(13-17)21(27)26-19-7-2-3-8-20(19)29-18-10-12-28-14-18/h2-9,11,13,18H,10,12,14H2,1H3,(H,26,27)(H,23,24,25). The third kappa shape index (κ3) is 4.89. The summed E-state index contributed by atoms with van der Waals surface area (Å²) in [6.45, 7) is 3.16. The monoisotopic (exact) mass is 390 g/mol. The van der Waals surface area contributed by atoms with Gasteiger partial charge in [0.2, 0.25) is 5.95 Å². The van der Waals surface area contributed by atoms with Gasteiger partial charge in [0.25, 0.3) is 5.91 Å². The van der Waals surface area contributed by atoms with Gasteiger partial charge in [-0.3, -0.25) is 4.79 Å². The molecule has 1 atom stereocenters. The average molecular weight is 390 g/mol. The van der Waals surface area contributed by atoms with Gasteiger partial charge in [-0.25, -0.2) is 9.97 Å². The predicted molar refractivity (Wildman–Crippen MR) is 111 cm³/mol. The van der Waals surface area contributed by atoms with Crippen LogP contribution in [0.1, 0.15) is 22.5 Å². The molecule has 1 aliphatic rings. The molecule has 0 aliphatic carbocycles. The zero-order valence-corrected chi connectivity index (χ0v) is 16.1. The Hall–Kier alpha value is -3.45. The van der Waals surface area contributed by atoms with Crippen LogP contribution in [0.4, 0.5) is 17.3 Å². The second-order valence-corrected chi connectivity index (χ2v) is 6.78. The van der Waals surface area contributed by atoms with Crippen LogP contribution in [-0.4, -0.2) is 35.2 Å². The minimum absolute atomic E-state index is 0.00918. The van der Waals surface area contributed by atoms with Crippen molar-refractivity contribution in [3.05, 3.63) is 72.1 Å². The second kappa shape index (κ2) is 8.70. The number of nitrogens with zero attached hydrogens (tertiary/aromatic N) is 2. The number of carbonyl (C=O) groups excluding carboxylic acids is 1. The molecular formula is C22H22N4O3. The smallest absolute Gasteiger partial charge is 0.255 e. The van der Waals surface area contributed by atoms with Crippen molar-refractivity contribution in [2.75, 3.05) is 23.8 Å². The quantitative estimate of drug-likeness (QED) is 0.663. The Balaban J connectivity index is 1.48. The number of rotatable bonds is 6. The first-order chi connectivity index (χ1) is 14.2. The van der Waals surface area contributed by atoms with E-state index in [-0.39, 0.29) is 12.0 Å². The van der Waals surface area contributed by atoms with Crippen LogP contribution in [0.5, 0.6) is 5.75 Å². The lowest BCUT2D eigenvalue weighted by Gasteiger charge is -2.16. The third-order valence-electron chi connectivity index (χ3n) is 4.49. The van der Waals surface area contributed by atoms with Gasteiger partial charge >= 0.3 is 0 Å². The van der Waals surface area contributed by atoms with E-state index in [0.29, 0.717) is 36.2 Å². The summed E-state index contributed by atoms with van der Waals surface area (Å²) in [7, 11) is 0. The molecule has 148 valence electrons. The van der Waals surface area contributed by atoms with E-state index in [1.54, 1.807) is 18.3 Å². The molecule has 1 fully saturated rings. The van der Waals surface area contributed by atoms with Crippen LogP contribution in [0.2, 0.25) is 0 Å². The van der Waals surface area contributed by atoms with Crippen molar-refractivity contribution in [3.8, 4) is 5.75 Å². The molecule has 1 unspecified atom stereocenters.